The third kappa shape index (κ3) is 4.71. The van der Waals surface area contributed by atoms with Crippen LogP contribution in [0.5, 0.6) is 0 Å². The first-order valence-corrected chi connectivity index (χ1v) is 7.70. The Morgan fingerprint density at radius 3 is 2.67 bits per heavy atom. The van der Waals surface area contributed by atoms with E-state index in [9.17, 15) is 0 Å². The van der Waals surface area contributed by atoms with Gasteiger partial charge in [0.2, 0.25) is 0 Å². The predicted molar refractivity (Wildman–Crippen MR) is 89.6 cm³/mol. The van der Waals surface area contributed by atoms with Gasteiger partial charge in [-0.15, -0.1) is 0 Å². The van der Waals surface area contributed by atoms with E-state index in [2.05, 4.69) is 45.1 Å². The monoisotopic (exact) mass is 286 g/mol. The Morgan fingerprint density at radius 1 is 1.19 bits per heavy atom. The van der Waals surface area contributed by atoms with Crippen LogP contribution in [0.2, 0.25) is 0 Å². The summed E-state index contributed by atoms with van der Waals surface area (Å²) in [6.45, 7) is 11.0. The van der Waals surface area contributed by atoms with Crippen LogP contribution in [0.4, 0.5) is 5.82 Å². The fraction of sp³-hybridized carbons (Fsp3) is 0.500. The van der Waals surface area contributed by atoms with Crippen molar-refractivity contribution in [3.63, 3.8) is 0 Å². The van der Waals surface area contributed by atoms with Crippen LogP contribution in [-0.4, -0.2) is 18.1 Å². The molecule has 0 radical (unpaired) electrons. The maximum absolute atomic E-state index is 5.85. The molecule has 0 atom stereocenters. The van der Waals surface area contributed by atoms with Crippen LogP contribution in [0, 0.1) is 5.41 Å². The summed E-state index contributed by atoms with van der Waals surface area (Å²) in [4.78, 5) is 4.70. The van der Waals surface area contributed by atoms with Crippen molar-refractivity contribution in [2.75, 3.05) is 18.5 Å². The van der Waals surface area contributed by atoms with Gasteiger partial charge in [0.25, 0.3) is 0 Å². The van der Waals surface area contributed by atoms with Gasteiger partial charge in [0.15, 0.2) is 0 Å². The molecule has 114 valence electrons. The van der Waals surface area contributed by atoms with Gasteiger partial charge in [-0.3, -0.25) is 0 Å². The Hall–Kier alpha value is -1.61. The second-order valence-corrected chi connectivity index (χ2v) is 6.58. The van der Waals surface area contributed by atoms with Crippen molar-refractivity contribution in [3.05, 3.63) is 35.9 Å². The number of para-hydroxylation sites is 1. The largest absolute Gasteiger partial charge is 0.377 e. The fourth-order valence-electron chi connectivity index (χ4n) is 2.15. The molecule has 0 bridgehead atoms. The number of nitrogens with one attached hydrogen (secondary N) is 1. The van der Waals surface area contributed by atoms with Gasteiger partial charge in [-0.25, -0.2) is 4.98 Å². The van der Waals surface area contributed by atoms with E-state index in [4.69, 9.17) is 9.72 Å². The van der Waals surface area contributed by atoms with Gasteiger partial charge in [-0.05, 0) is 30.9 Å². The number of hydrogen-bond donors (Lipinski definition) is 1. The molecule has 21 heavy (non-hydrogen) atoms. The zero-order valence-corrected chi connectivity index (χ0v) is 13.6. The van der Waals surface area contributed by atoms with E-state index in [1.54, 1.807) is 0 Å². The molecule has 0 saturated heterocycles. The lowest BCUT2D eigenvalue weighted by Gasteiger charge is -2.18. The van der Waals surface area contributed by atoms with Gasteiger partial charge in [-0.2, -0.15) is 0 Å². The Bertz CT molecular complexity index is 587. The van der Waals surface area contributed by atoms with Gasteiger partial charge in [0.05, 0.1) is 12.1 Å². The van der Waals surface area contributed by atoms with Crippen molar-refractivity contribution in [2.24, 2.45) is 5.41 Å². The summed E-state index contributed by atoms with van der Waals surface area (Å²) in [5.74, 6) is 0.937. The molecular formula is C18H26N2O. The molecule has 0 fully saturated rings. The lowest BCUT2D eigenvalue weighted by atomic mass is 9.93. The van der Waals surface area contributed by atoms with Gasteiger partial charge in [0.1, 0.15) is 5.82 Å². The summed E-state index contributed by atoms with van der Waals surface area (Å²) in [6, 6.07) is 10.4. The van der Waals surface area contributed by atoms with Crippen molar-refractivity contribution >= 4 is 16.7 Å². The van der Waals surface area contributed by atoms with Crippen molar-refractivity contribution in [1.29, 1.82) is 0 Å². The predicted octanol–water partition coefficient (Wildman–Crippen LogP) is 4.62. The first kappa shape index (κ1) is 15.8. The van der Waals surface area contributed by atoms with E-state index in [1.165, 1.54) is 0 Å². The summed E-state index contributed by atoms with van der Waals surface area (Å²) < 4.78 is 5.85. The zero-order valence-electron chi connectivity index (χ0n) is 13.6. The standard InChI is InChI=1S/C18H26N2O/c1-5-19-17-15(13-21-11-10-18(2,3)4)12-14-8-6-7-9-16(14)20-17/h6-9,12H,5,10-11,13H2,1-4H3,(H,19,20). The number of nitrogens with zero attached hydrogens (tertiary/aromatic N) is 1. The highest BCUT2D eigenvalue weighted by molar-refractivity contribution is 5.81. The molecule has 1 aromatic heterocycles. The van der Waals surface area contributed by atoms with Crippen molar-refractivity contribution in [2.45, 2.75) is 40.7 Å². The Labute approximate surface area is 127 Å². The molecular weight excluding hydrogens is 260 g/mol. The van der Waals surface area contributed by atoms with Crippen LogP contribution in [-0.2, 0) is 11.3 Å². The zero-order chi connectivity index (χ0) is 15.3. The van der Waals surface area contributed by atoms with Crippen LogP contribution in [0.3, 0.4) is 0 Å². The van der Waals surface area contributed by atoms with Gasteiger partial charge < -0.3 is 10.1 Å². The minimum Gasteiger partial charge on any atom is -0.377 e. The van der Waals surface area contributed by atoms with Crippen molar-refractivity contribution in [1.82, 2.24) is 4.98 Å². The van der Waals surface area contributed by atoms with Gasteiger partial charge in [0, 0.05) is 24.1 Å². The van der Waals surface area contributed by atoms with Gasteiger partial charge in [-0.1, -0.05) is 39.0 Å². The lowest BCUT2D eigenvalue weighted by molar-refractivity contribution is 0.0965. The number of fused-ring (bicyclic) bond motifs is 1. The second-order valence-electron chi connectivity index (χ2n) is 6.58. The summed E-state index contributed by atoms with van der Waals surface area (Å²) in [6.07, 6.45) is 1.06. The highest BCUT2D eigenvalue weighted by Crippen LogP contribution is 2.22. The van der Waals surface area contributed by atoms with E-state index in [-0.39, 0.29) is 0 Å². The molecule has 2 aromatic rings. The van der Waals surface area contributed by atoms with E-state index in [1.807, 2.05) is 18.2 Å². The van der Waals surface area contributed by atoms with E-state index >= 15 is 0 Å². The molecule has 1 heterocycles. The molecule has 3 heteroatoms. The molecule has 1 aromatic carbocycles. The summed E-state index contributed by atoms with van der Waals surface area (Å²) in [7, 11) is 0. The molecule has 0 spiro atoms. The molecule has 0 aliphatic carbocycles. The first-order chi connectivity index (χ1) is 9.99. The Morgan fingerprint density at radius 2 is 1.95 bits per heavy atom. The SMILES string of the molecule is CCNc1nc2ccccc2cc1COCCC(C)(C)C. The van der Waals surface area contributed by atoms with E-state index < -0.39 is 0 Å². The number of ether oxygens (including phenoxy) is 1. The normalized spacial score (nSPS) is 11.8. The van der Waals surface area contributed by atoms with Crippen LogP contribution < -0.4 is 5.32 Å². The molecule has 0 unspecified atom stereocenters. The quantitative estimate of drug-likeness (QED) is 0.787. The molecule has 0 amide bonds. The molecule has 0 saturated carbocycles. The molecule has 0 aliphatic heterocycles. The number of rotatable bonds is 6. The fourth-order valence-corrected chi connectivity index (χ4v) is 2.15. The highest BCUT2D eigenvalue weighted by Gasteiger charge is 2.11. The average Bonchev–Trinajstić information content (AvgIpc) is 2.43. The Balaban J connectivity index is 2.11. The molecule has 3 nitrogen and oxygen atoms in total. The summed E-state index contributed by atoms with van der Waals surface area (Å²) in [5.41, 5.74) is 2.46. The van der Waals surface area contributed by atoms with Crippen molar-refractivity contribution in [3.8, 4) is 0 Å². The molecule has 0 aliphatic rings. The third-order valence-electron chi connectivity index (χ3n) is 3.40. The van der Waals surface area contributed by atoms with Gasteiger partial charge >= 0.3 is 0 Å². The highest BCUT2D eigenvalue weighted by atomic mass is 16.5. The van der Waals surface area contributed by atoms with Crippen LogP contribution in [0.15, 0.2) is 30.3 Å². The smallest absolute Gasteiger partial charge is 0.132 e. The maximum Gasteiger partial charge on any atom is 0.132 e. The number of pyridine rings is 1. The Kier molecular flexibility index (Phi) is 5.18. The van der Waals surface area contributed by atoms with Crippen LogP contribution >= 0.6 is 0 Å². The van der Waals surface area contributed by atoms with E-state index in [0.717, 1.165) is 41.9 Å². The number of benzene rings is 1. The lowest BCUT2D eigenvalue weighted by Crippen LogP contribution is -2.10. The van der Waals surface area contributed by atoms with Crippen molar-refractivity contribution < 1.29 is 4.74 Å². The minimum absolute atomic E-state index is 0.312. The number of anilines is 1. The van der Waals surface area contributed by atoms with Crippen LogP contribution in [0.1, 0.15) is 39.7 Å². The minimum atomic E-state index is 0.312. The molecule has 1 N–H and O–H groups in total. The number of aromatic nitrogens is 1. The topological polar surface area (TPSA) is 34.2 Å². The molecule has 2 rings (SSSR count). The average molecular weight is 286 g/mol. The van der Waals surface area contributed by atoms with Crippen LogP contribution in [0.25, 0.3) is 10.9 Å². The van der Waals surface area contributed by atoms with E-state index in [0.29, 0.717) is 12.0 Å². The maximum atomic E-state index is 5.85. The third-order valence-corrected chi connectivity index (χ3v) is 3.40. The summed E-state index contributed by atoms with van der Waals surface area (Å²) in [5, 5.41) is 4.50. The summed E-state index contributed by atoms with van der Waals surface area (Å²) >= 11 is 0. The first-order valence-electron chi connectivity index (χ1n) is 7.70. The second kappa shape index (κ2) is 6.90. The number of hydrogen-bond acceptors (Lipinski definition) is 3.